The van der Waals surface area contributed by atoms with E-state index < -0.39 is 5.97 Å². The normalized spacial score (nSPS) is 22.5. The number of nitrogens with two attached hydrogens (primary N) is 1. The number of nitrogens with one attached hydrogen (secondary N) is 3. The van der Waals surface area contributed by atoms with E-state index in [0.717, 1.165) is 50.9 Å². The molecule has 10 heteroatoms. The van der Waals surface area contributed by atoms with Crippen LogP contribution in [0.3, 0.4) is 0 Å². The summed E-state index contributed by atoms with van der Waals surface area (Å²) in [6.07, 6.45) is 7.39. The average molecular weight is 528 g/mol. The van der Waals surface area contributed by atoms with Gasteiger partial charge in [-0.3, -0.25) is 9.59 Å². The highest BCUT2D eigenvalue weighted by Gasteiger charge is 2.42. The maximum absolute atomic E-state index is 11.1. The van der Waals surface area contributed by atoms with Gasteiger partial charge in [-0.2, -0.15) is 11.8 Å². The van der Waals surface area contributed by atoms with Gasteiger partial charge < -0.3 is 26.8 Å². The van der Waals surface area contributed by atoms with E-state index in [4.69, 9.17) is 10.8 Å². The van der Waals surface area contributed by atoms with Gasteiger partial charge in [-0.25, -0.2) is 4.79 Å². The number of rotatable bonds is 12. The summed E-state index contributed by atoms with van der Waals surface area (Å²) in [5.41, 5.74) is 5.34. The van der Waals surface area contributed by atoms with E-state index in [0.29, 0.717) is 9.68 Å². The number of carbonyl (C=O) groups excluding carboxylic acids is 2. The number of aliphatic carboxylic acids is 1. The van der Waals surface area contributed by atoms with Crippen molar-refractivity contribution in [3.05, 3.63) is 0 Å². The number of hydrogen-bond acceptors (Lipinski definition) is 5. The third-order valence-electron chi connectivity index (χ3n) is 4.64. The number of fused-ring (bicyclic) bond motifs is 1. The first-order valence-electron chi connectivity index (χ1n) is 9.91. The molecule has 0 radical (unpaired) electrons. The summed E-state index contributed by atoms with van der Waals surface area (Å²) in [6.45, 7) is 1.59. The van der Waals surface area contributed by atoms with Crippen molar-refractivity contribution in [2.24, 2.45) is 5.73 Å². The zero-order valence-electron chi connectivity index (χ0n) is 16.3. The summed E-state index contributed by atoms with van der Waals surface area (Å²) in [5.74, 6) is 0.370. The second-order valence-corrected chi connectivity index (χ2v) is 8.98. The highest BCUT2D eigenvalue weighted by Crippen LogP contribution is 2.33. The van der Waals surface area contributed by atoms with Crippen molar-refractivity contribution in [2.45, 2.75) is 68.7 Å². The van der Waals surface area contributed by atoms with Crippen molar-refractivity contribution < 1.29 is 19.5 Å². The van der Waals surface area contributed by atoms with Crippen LogP contribution in [0, 0.1) is 0 Å². The van der Waals surface area contributed by atoms with Crippen LogP contribution in [0.4, 0.5) is 4.79 Å². The maximum Gasteiger partial charge on any atom is 0.315 e. The molecule has 28 heavy (non-hydrogen) atoms. The molecule has 0 saturated carbocycles. The fourth-order valence-electron chi connectivity index (χ4n) is 3.16. The molecule has 0 aliphatic carbocycles. The summed E-state index contributed by atoms with van der Waals surface area (Å²) in [5, 5.41) is 17.6. The van der Waals surface area contributed by atoms with Crippen LogP contribution in [0.1, 0.15) is 51.4 Å². The van der Waals surface area contributed by atoms with Crippen molar-refractivity contribution in [1.29, 1.82) is 0 Å². The molecule has 2 fully saturated rings. The number of carboxylic acid groups (broad SMARTS) is 1. The van der Waals surface area contributed by atoms with Crippen molar-refractivity contribution in [2.75, 3.05) is 23.3 Å². The molecular weight excluding hydrogens is 495 g/mol. The fraction of sp³-hybridized carbons (Fsp3) is 0.833. The minimum atomic E-state index is -0.729. The van der Waals surface area contributed by atoms with Crippen LogP contribution in [-0.4, -0.2) is 63.6 Å². The van der Waals surface area contributed by atoms with Crippen LogP contribution in [0.5, 0.6) is 0 Å². The SMILES string of the molecule is NCCCCCCNC(=O)CI.O=C(O)CCCC[C@@H]1SC[C@@H]2NC(=O)N[C@@H]21. The lowest BCUT2D eigenvalue weighted by molar-refractivity contribution is -0.137. The standard InChI is InChI=1S/C10H16N2O3S.C8H17IN2O/c13-8(14)4-2-1-3-7-9-6(5-16-7)11-10(15)12-9;9-7-8(12)11-6-4-2-1-3-5-10/h6-7,9H,1-5H2,(H,13,14)(H2,11,12,15);1-7,10H2,(H,11,12)/t6-,7-,9-;/m0./s1. The van der Waals surface area contributed by atoms with Gasteiger partial charge in [0.15, 0.2) is 0 Å². The Morgan fingerprint density at radius 3 is 2.61 bits per heavy atom. The van der Waals surface area contributed by atoms with Crippen molar-refractivity contribution in [3.8, 4) is 0 Å². The Balaban J connectivity index is 0.000000295. The Kier molecular flexibility index (Phi) is 13.7. The lowest BCUT2D eigenvalue weighted by Gasteiger charge is -2.16. The van der Waals surface area contributed by atoms with E-state index in [1.54, 1.807) is 0 Å². The number of unbranched alkanes of at least 4 members (excludes halogenated alkanes) is 4. The average Bonchev–Trinajstić information content (AvgIpc) is 3.21. The monoisotopic (exact) mass is 528 g/mol. The van der Waals surface area contributed by atoms with Gasteiger partial charge in [0.05, 0.1) is 16.5 Å². The summed E-state index contributed by atoms with van der Waals surface area (Å²) in [6, 6.07) is 0.440. The Morgan fingerprint density at radius 1 is 1.18 bits per heavy atom. The summed E-state index contributed by atoms with van der Waals surface area (Å²) in [4.78, 5) is 32.2. The molecule has 0 aromatic carbocycles. The molecule has 0 bridgehead atoms. The first kappa shape index (κ1) is 25.3. The Hall–Kier alpha value is -0.750. The van der Waals surface area contributed by atoms with Crippen molar-refractivity contribution in [3.63, 3.8) is 0 Å². The van der Waals surface area contributed by atoms with Crippen LogP contribution in [0.2, 0.25) is 0 Å². The van der Waals surface area contributed by atoms with Crippen LogP contribution < -0.4 is 21.7 Å². The summed E-state index contributed by atoms with van der Waals surface area (Å²) in [7, 11) is 0. The molecular formula is C18H33IN4O4S. The maximum atomic E-state index is 11.1. The third kappa shape index (κ3) is 10.7. The zero-order valence-corrected chi connectivity index (χ0v) is 19.2. The van der Waals surface area contributed by atoms with E-state index in [1.807, 2.05) is 11.8 Å². The van der Waals surface area contributed by atoms with E-state index in [-0.39, 0.29) is 30.4 Å². The Morgan fingerprint density at radius 2 is 1.93 bits per heavy atom. The minimum Gasteiger partial charge on any atom is -0.481 e. The molecule has 2 aliphatic rings. The fourth-order valence-corrected chi connectivity index (χ4v) is 4.98. The summed E-state index contributed by atoms with van der Waals surface area (Å²) < 4.78 is 0.556. The van der Waals surface area contributed by atoms with E-state index in [9.17, 15) is 14.4 Å². The molecule has 0 aromatic heterocycles. The molecule has 3 atom stereocenters. The van der Waals surface area contributed by atoms with Crippen LogP contribution in [-0.2, 0) is 9.59 Å². The van der Waals surface area contributed by atoms with Gasteiger partial charge in [0.2, 0.25) is 5.91 Å². The lowest BCUT2D eigenvalue weighted by atomic mass is 10.0. The van der Waals surface area contributed by atoms with Crippen molar-refractivity contribution >= 4 is 52.3 Å². The van der Waals surface area contributed by atoms with Crippen LogP contribution in [0.15, 0.2) is 0 Å². The smallest absolute Gasteiger partial charge is 0.315 e. The number of urea groups is 1. The molecule has 2 heterocycles. The van der Waals surface area contributed by atoms with Gasteiger partial charge >= 0.3 is 12.0 Å². The number of thioether (sulfide) groups is 1. The van der Waals surface area contributed by atoms with E-state index in [1.165, 1.54) is 12.8 Å². The zero-order chi connectivity index (χ0) is 20.8. The quantitative estimate of drug-likeness (QED) is 0.114. The Bertz CT molecular complexity index is 498. The highest BCUT2D eigenvalue weighted by atomic mass is 127. The van der Waals surface area contributed by atoms with Crippen LogP contribution >= 0.6 is 34.4 Å². The van der Waals surface area contributed by atoms with Crippen molar-refractivity contribution in [1.82, 2.24) is 16.0 Å². The first-order valence-corrected chi connectivity index (χ1v) is 12.5. The number of amides is 3. The molecule has 2 aliphatic heterocycles. The minimum absolute atomic E-state index is 0.0640. The number of carbonyl (C=O) groups is 3. The highest BCUT2D eigenvalue weighted by molar-refractivity contribution is 14.1. The second kappa shape index (κ2) is 15.1. The largest absolute Gasteiger partial charge is 0.481 e. The van der Waals surface area contributed by atoms with Gasteiger partial charge in [0.25, 0.3) is 0 Å². The molecule has 162 valence electrons. The van der Waals surface area contributed by atoms with Gasteiger partial charge in [-0.15, -0.1) is 0 Å². The summed E-state index contributed by atoms with van der Waals surface area (Å²) >= 11 is 3.93. The molecule has 2 saturated heterocycles. The predicted octanol–water partition coefficient (Wildman–Crippen LogP) is 1.85. The van der Waals surface area contributed by atoms with E-state index in [2.05, 4.69) is 38.5 Å². The number of halogens is 1. The van der Waals surface area contributed by atoms with Crippen LogP contribution in [0.25, 0.3) is 0 Å². The number of carboxylic acids is 1. The molecule has 8 nitrogen and oxygen atoms in total. The second-order valence-electron chi connectivity index (χ2n) is 6.95. The molecule has 2 rings (SSSR count). The number of hydrogen-bond donors (Lipinski definition) is 5. The van der Waals surface area contributed by atoms with Gasteiger partial charge in [0, 0.05) is 24.0 Å². The third-order valence-corrected chi connectivity index (χ3v) is 6.84. The predicted molar refractivity (Wildman–Crippen MR) is 121 cm³/mol. The van der Waals surface area contributed by atoms with Gasteiger partial charge in [-0.05, 0) is 32.2 Å². The molecule has 6 N–H and O–H groups in total. The Labute approximate surface area is 185 Å². The first-order chi connectivity index (χ1) is 13.5. The molecule has 3 amide bonds. The molecule has 0 aromatic rings. The lowest BCUT2D eigenvalue weighted by Crippen LogP contribution is -2.36. The molecule has 0 unspecified atom stereocenters. The number of alkyl halides is 1. The van der Waals surface area contributed by atoms with Gasteiger partial charge in [-0.1, -0.05) is 41.9 Å². The van der Waals surface area contributed by atoms with E-state index >= 15 is 0 Å². The topological polar surface area (TPSA) is 134 Å². The molecule has 0 spiro atoms. The van der Waals surface area contributed by atoms with Gasteiger partial charge in [0.1, 0.15) is 0 Å².